The Balaban J connectivity index is 1.21. The highest BCUT2D eigenvalue weighted by Gasteiger charge is 2.22. The molecule has 1 heteroatoms. The van der Waals surface area contributed by atoms with Crippen molar-refractivity contribution in [2.75, 3.05) is 4.90 Å². The molecule has 0 saturated heterocycles. The quantitative estimate of drug-likeness (QED) is 0.164. The van der Waals surface area contributed by atoms with Crippen molar-refractivity contribution < 1.29 is 0 Å². The minimum absolute atomic E-state index is 0.807. The van der Waals surface area contributed by atoms with Crippen LogP contribution in [0.15, 0.2) is 218 Å². The fraction of sp³-hybridized carbons (Fsp3) is 0.0526. The van der Waals surface area contributed by atoms with Crippen LogP contribution in [0.25, 0.3) is 55.6 Å². The smallest absolute Gasteiger partial charge is 0.0491 e. The Labute approximate surface area is 342 Å². The molecule has 0 fully saturated rings. The Morgan fingerprint density at radius 1 is 0.293 bits per heavy atom. The second-order valence-electron chi connectivity index (χ2n) is 15.4. The van der Waals surface area contributed by atoms with Gasteiger partial charge in [-0.25, -0.2) is 0 Å². The predicted molar refractivity (Wildman–Crippen MR) is 245 cm³/mol. The maximum atomic E-state index is 2.48. The van der Waals surface area contributed by atoms with Crippen LogP contribution in [0.1, 0.15) is 27.8 Å². The highest BCUT2D eigenvalue weighted by molar-refractivity contribution is 5.88. The topological polar surface area (TPSA) is 3.24 Å². The number of anilines is 3. The van der Waals surface area contributed by atoms with Gasteiger partial charge in [0.05, 0.1) is 0 Å². The summed E-state index contributed by atoms with van der Waals surface area (Å²) in [6, 6.07) is 80.3. The third-order valence-corrected chi connectivity index (χ3v) is 11.7. The molecule has 1 aliphatic carbocycles. The number of benzene rings is 9. The number of hydrogen-bond donors (Lipinski definition) is 0. The van der Waals surface area contributed by atoms with Gasteiger partial charge in [0.2, 0.25) is 0 Å². The lowest BCUT2D eigenvalue weighted by atomic mass is 9.84. The average molecular weight is 742 g/mol. The number of hydrogen-bond acceptors (Lipinski definition) is 1. The van der Waals surface area contributed by atoms with Gasteiger partial charge in [-0.1, -0.05) is 176 Å². The van der Waals surface area contributed by atoms with Gasteiger partial charge in [0.15, 0.2) is 0 Å². The van der Waals surface area contributed by atoms with Crippen LogP contribution in [0.4, 0.5) is 17.1 Å². The van der Waals surface area contributed by atoms with Gasteiger partial charge in [0.25, 0.3) is 0 Å². The Bertz CT molecular complexity index is 2830. The van der Waals surface area contributed by atoms with Crippen LogP contribution in [0.2, 0.25) is 0 Å². The second-order valence-corrected chi connectivity index (χ2v) is 15.4. The molecule has 0 amide bonds. The lowest BCUT2D eigenvalue weighted by molar-refractivity contribution is 1.14. The van der Waals surface area contributed by atoms with E-state index in [0.29, 0.717) is 0 Å². The Morgan fingerprint density at radius 2 is 0.724 bits per heavy atom. The SMILES string of the molecule is Cc1cc(-c2ccccc2)ccc1N(c1cc(-c2ccccc2)cc(-c2ccccc2)c1)c1ccc2c(c1)Cc1ccccc1-c1ccccc1Cc1ccccc1-2. The molecule has 0 spiro atoms. The summed E-state index contributed by atoms with van der Waals surface area (Å²) < 4.78 is 0. The lowest BCUT2D eigenvalue weighted by Crippen LogP contribution is -2.13. The van der Waals surface area contributed by atoms with Gasteiger partial charge in [-0.3, -0.25) is 0 Å². The Kier molecular flexibility index (Phi) is 9.33. The van der Waals surface area contributed by atoms with Crippen molar-refractivity contribution in [3.05, 3.63) is 246 Å². The predicted octanol–water partition coefficient (Wildman–Crippen LogP) is 15.3. The summed E-state index contributed by atoms with van der Waals surface area (Å²) in [6.07, 6.45) is 1.68. The van der Waals surface area contributed by atoms with Crippen LogP contribution in [0, 0.1) is 6.92 Å². The molecule has 0 heterocycles. The summed E-state index contributed by atoms with van der Waals surface area (Å²) in [5.74, 6) is 0. The van der Waals surface area contributed by atoms with E-state index in [0.717, 1.165) is 29.9 Å². The standard InChI is InChI=1S/C57H43N/c1-40-33-44(41-17-5-2-6-18-41)29-32-57(40)58(52-37-48(42-19-7-3-8-20-42)36-49(38-52)43-21-9-4-10-22-43)51-30-31-56-50(39-51)35-47-25-13-15-27-54(47)53-26-14-11-23-45(53)34-46-24-12-16-28-55(46)56/h2-33,36-39H,34-35H2,1H3. The summed E-state index contributed by atoms with van der Waals surface area (Å²) in [6.45, 7) is 2.25. The molecular formula is C57H43N. The van der Waals surface area contributed by atoms with Gasteiger partial charge < -0.3 is 4.90 Å². The molecule has 276 valence electrons. The zero-order valence-electron chi connectivity index (χ0n) is 32.6. The molecular weight excluding hydrogens is 699 g/mol. The zero-order valence-corrected chi connectivity index (χ0v) is 32.6. The molecule has 0 saturated carbocycles. The van der Waals surface area contributed by atoms with Crippen molar-refractivity contribution in [3.8, 4) is 55.6 Å². The molecule has 9 aromatic carbocycles. The summed E-state index contributed by atoms with van der Waals surface area (Å²) in [7, 11) is 0. The van der Waals surface area contributed by atoms with E-state index in [4.69, 9.17) is 0 Å². The van der Waals surface area contributed by atoms with Crippen LogP contribution in [-0.4, -0.2) is 0 Å². The zero-order chi connectivity index (χ0) is 38.8. The maximum Gasteiger partial charge on any atom is 0.0491 e. The van der Waals surface area contributed by atoms with E-state index in [-0.39, 0.29) is 0 Å². The van der Waals surface area contributed by atoms with Gasteiger partial charge in [-0.05, 0) is 146 Å². The highest BCUT2D eigenvalue weighted by atomic mass is 15.1. The number of rotatable bonds is 6. The van der Waals surface area contributed by atoms with Crippen molar-refractivity contribution in [2.24, 2.45) is 0 Å². The second kappa shape index (κ2) is 15.4. The summed E-state index contributed by atoms with van der Waals surface area (Å²) in [4.78, 5) is 2.48. The molecule has 0 atom stereocenters. The first-order valence-corrected chi connectivity index (χ1v) is 20.3. The van der Waals surface area contributed by atoms with Gasteiger partial charge in [-0.2, -0.15) is 0 Å². The third kappa shape index (κ3) is 6.82. The van der Waals surface area contributed by atoms with Crippen molar-refractivity contribution in [1.29, 1.82) is 0 Å². The van der Waals surface area contributed by atoms with E-state index in [1.165, 1.54) is 83.5 Å². The van der Waals surface area contributed by atoms with Crippen LogP contribution in [0.3, 0.4) is 0 Å². The monoisotopic (exact) mass is 741 g/mol. The molecule has 0 aliphatic heterocycles. The minimum atomic E-state index is 0.807. The molecule has 0 aromatic heterocycles. The van der Waals surface area contributed by atoms with Crippen LogP contribution >= 0.6 is 0 Å². The van der Waals surface area contributed by atoms with Gasteiger partial charge in [0, 0.05) is 17.1 Å². The van der Waals surface area contributed by atoms with Crippen molar-refractivity contribution in [1.82, 2.24) is 0 Å². The van der Waals surface area contributed by atoms with Crippen LogP contribution in [-0.2, 0) is 12.8 Å². The van der Waals surface area contributed by atoms with E-state index in [1.807, 2.05) is 0 Å². The third-order valence-electron chi connectivity index (χ3n) is 11.7. The first-order chi connectivity index (χ1) is 28.7. The summed E-state index contributed by atoms with van der Waals surface area (Å²) in [5.41, 5.74) is 22.3. The number of fused-ring (bicyclic) bond motifs is 6. The average Bonchev–Trinajstić information content (AvgIpc) is 3.28. The molecule has 10 rings (SSSR count). The van der Waals surface area contributed by atoms with Gasteiger partial charge in [-0.15, -0.1) is 0 Å². The highest BCUT2D eigenvalue weighted by Crippen LogP contribution is 2.44. The molecule has 1 nitrogen and oxygen atoms in total. The first kappa shape index (κ1) is 35.2. The van der Waals surface area contributed by atoms with Crippen LogP contribution in [0.5, 0.6) is 0 Å². The fourth-order valence-corrected chi connectivity index (χ4v) is 8.83. The minimum Gasteiger partial charge on any atom is -0.310 e. The van der Waals surface area contributed by atoms with E-state index in [9.17, 15) is 0 Å². The summed E-state index contributed by atoms with van der Waals surface area (Å²) >= 11 is 0. The van der Waals surface area contributed by atoms with Crippen molar-refractivity contribution >= 4 is 17.1 Å². The largest absolute Gasteiger partial charge is 0.310 e. The van der Waals surface area contributed by atoms with Crippen LogP contribution < -0.4 is 4.90 Å². The Hall–Kier alpha value is -7.22. The molecule has 9 aromatic rings. The molecule has 0 radical (unpaired) electrons. The van der Waals surface area contributed by atoms with Gasteiger partial charge >= 0.3 is 0 Å². The van der Waals surface area contributed by atoms with Crippen molar-refractivity contribution in [3.63, 3.8) is 0 Å². The first-order valence-electron chi connectivity index (χ1n) is 20.3. The van der Waals surface area contributed by atoms with E-state index >= 15 is 0 Å². The van der Waals surface area contributed by atoms with E-state index in [2.05, 4.69) is 230 Å². The lowest BCUT2D eigenvalue weighted by Gasteiger charge is -2.30. The number of nitrogens with zero attached hydrogens (tertiary/aromatic N) is 1. The Morgan fingerprint density at radius 3 is 1.22 bits per heavy atom. The fourth-order valence-electron chi connectivity index (χ4n) is 8.83. The molecule has 1 aliphatic rings. The summed E-state index contributed by atoms with van der Waals surface area (Å²) in [5, 5.41) is 0. The molecule has 58 heavy (non-hydrogen) atoms. The normalized spacial score (nSPS) is 11.7. The molecule has 0 N–H and O–H groups in total. The number of aryl methyl sites for hydroxylation is 1. The van der Waals surface area contributed by atoms with E-state index in [1.54, 1.807) is 0 Å². The van der Waals surface area contributed by atoms with Crippen molar-refractivity contribution in [2.45, 2.75) is 19.8 Å². The molecule has 0 bridgehead atoms. The van der Waals surface area contributed by atoms with E-state index < -0.39 is 0 Å². The molecule has 0 unspecified atom stereocenters. The maximum absolute atomic E-state index is 2.48. The van der Waals surface area contributed by atoms with Gasteiger partial charge in [0.1, 0.15) is 0 Å².